The molecule has 1 fully saturated rings. The molecular formula is C13H18ClCuN3O5S. The number of benzene rings is 1. The first-order valence-corrected chi connectivity index (χ1v) is 8.50. The van der Waals surface area contributed by atoms with E-state index < -0.39 is 37.3 Å². The van der Waals surface area contributed by atoms with Crippen molar-refractivity contribution in [3.05, 3.63) is 30.3 Å². The molecule has 1 unspecified atom stereocenters. The van der Waals surface area contributed by atoms with E-state index in [0.717, 1.165) is 5.69 Å². The van der Waals surface area contributed by atoms with Gasteiger partial charge in [-0.2, -0.15) is 0 Å². The summed E-state index contributed by atoms with van der Waals surface area (Å²) in [4.78, 5) is 0. The number of thiocarbonyl (C=S) groups is 1. The van der Waals surface area contributed by atoms with Crippen LogP contribution in [0, 0.1) is 0 Å². The van der Waals surface area contributed by atoms with Gasteiger partial charge in [0.25, 0.3) is 0 Å². The molecule has 0 spiro atoms. The van der Waals surface area contributed by atoms with Crippen molar-refractivity contribution in [2.75, 3.05) is 11.9 Å². The minimum atomic E-state index is -1.63. The number of hydrogen-bond donors (Lipinski definition) is 6. The van der Waals surface area contributed by atoms with Crippen LogP contribution in [0.5, 0.6) is 0 Å². The minimum Gasteiger partial charge on any atom is -0.847 e. The molecule has 1 aliphatic rings. The predicted molar refractivity (Wildman–Crippen MR) is 86.3 cm³/mol. The maximum Gasteiger partial charge on any atom is 0.185 e. The van der Waals surface area contributed by atoms with Crippen LogP contribution in [0.1, 0.15) is 0 Å². The number of halogens is 1. The van der Waals surface area contributed by atoms with Crippen molar-refractivity contribution in [3.63, 3.8) is 0 Å². The van der Waals surface area contributed by atoms with Gasteiger partial charge in [-0.3, -0.25) is 5.43 Å². The number of hydrogen-bond acceptors (Lipinski definition) is 7. The zero-order chi connectivity index (χ0) is 18.1. The van der Waals surface area contributed by atoms with Gasteiger partial charge in [-0.15, -0.1) is 0 Å². The van der Waals surface area contributed by atoms with Gasteiger partial charge in [0.2, 0.25) is 0 Å². The Hall–Kier alpha value is -0.521. The Morgan fingerprint density at radius 3 is 2.46 bits per heavy atom. The molecule has 1 aromatic carbocycles. The number of aliphatic hydroxyl groups excluding tert-OH is 3. The average Bonchev–Trinajstić information content (AvgIpc) is 2.62. The van der Waals surface area contributed by atoms with Gasteiger partial charge >= 0.3 is 25.2 Å². The first-order valence-electron chi connectivity index (χ1n) is 6.80. The van der Waals surface area contributed by atoms with E-state index >= 15 is 0 Å². The van der Waals surface area contributed by atoms with Crippen molar-refractivity contribution in [3.8, 4) is 0 Å². The van der Waals surface area contributed by atoms with Gasteiger partial charge in [-0.1, -0.05) is 24.3 Å². The third-order valence-corrected chi connectivity index (χ3v) is 3.43. The number of ether oxygens (including phenoxy) is 1. The molecule has 8 nitrogen and oxygen atoms in total. The van der Waals surface area contributed by atoms with E-state index in [4.69, 9.17) is 22.1 Å². The van der Waals surface area contributed by atoms with Crippen LogP contribution in [0.4, 0.5) is 5.69 Å². The molecule has 6 N–H and O–H groups in total. The van der Waals surface area contributed by atoms with Crippen LogP contribution in [0.15, 0.2) is 30.3 Å². The standard InChI is InChI=1S/C13H18N3O5S.ClH.Cu/c17-6-8-9(18)10(19)11(20)12(21-8)15-16-13(22)14-7-4-2-1-3-5-7;;/h1-5,8-12,15,17-19H,6H2,(H2,14,16,22);1H;/q-1;;+2/p-1/t8-,9-,10+,11-,12?;;/m1../s1. The van der Waals surface area contributed by atoms with Crippen LogP contribution < -0.4 is 21.3 Å². The van der Waals surface area contributed by atoms with Gasteiger partial charge in [0, 0.05) is 5.69 Å². The summed E-state index contributed by atoms with van der Waals surface area (Å²) >= 11 is 8.71. The predicted octanol–water partition coefficient (Wildman–Crippen LogP) is -1.67. The van der Waals surface area contributed by atoms with Crippen LogP contribution in [0.3, 0.4) is 0 Å². The summed E-state index contributed by atoms with van der Waals surface area (Å²) in [5.74, 6) is 0. The van der Waals surface area contributed by atoms with E-state index in [2.05, 4.69) is 41.4 Å². The van der Waals surface area contributed by atoms with Gasteiger partial charge in [-0.05, 0) is 24.4 Å². The largest absolute Gasteiger partial charge is 0.847 e. The SMILES string of the molecule is [Cl][Cu+].[O-][C@H]1C(NNC(=S)Nc2ccccc2)O[C@H](CO)[C@@H](O)[C@@H]1O. The molecule has 5 atom stereocenters. The maximum absolute atomic E-state index is 11.9. The third-order valence-electron chi connectivity index (χ3n) is 3.23. The maximum atomic E-state index is 11.9. The molecule has 11 heteroatoms. The third kappa shape index (κ3) is 6.08. The van der Waals surface area contributed by atoms with Gasteiger partial charge in [0.15, 0.2) is 5.11 Å². The second-order valence-electron chi connectivity index (χ2n) is 4.81. The molecule has 0 bridgehead atoms. The Labute approximate surface area is 157 Å². The summed E-state index contributed by atoms with van der Waals surface area (Å²) in [6.45, 7) is -0.518. The monoisotopic (exact) mass is 426 g/mol. The molecule has 1 aliphatic heterocycles. The molecule has 0 radical (unpaired) electrons. The van der Waals surface area contributed by atoms with E-state index in [-0.39, 0.29) is 5.11 Å². The smallest absolute Gasteiger partial charge is 0.185 e. The number of hydrazine groups is 1. The zero-order valence-corrected chi connectivity index (χ0v) is 14.7. The van der Waals surface area contributed by atoms with E-state index in [9.17, 15) is 15.3 Å². The molecular weight excluding hydrogens is 409 g/mol. The van der Waals surface area contributed by atoms with Crippen molar-refractivity contribution in [1.29, 1.82) is 0 Å². The summed E-state index contributed by atoms with van der Waals surface area (Å²) in [5, 5.41) is 43.2. The van der Waals surface area contributed by atoms with Crippen molar-refractivity contribution in [2.24, 2.45) is 0 Å². The van der Waals surface area contributed by atoms with Crippen LogP contribution >= 0.6 is 22.3 Å². The minimum absolute atomic E-state index is 0.197. The summed E-state index contributed by atoms with van der Waals surface area (Å²) in [5.41, 5.74) is 5.88. The quantitative estimate of drug-likeness (QED) is 0.190. The molecule has 24 heavy (non-hydrogen) atoms. The van der Waals surface area contributed by atoms with Crippen molar-refractivity contribution in [1.82, 2.24) is 10.9 Å². The molecule has 0 aliphatic carbocycles. The number of aliphatic hydroxyl groups is 3. The summed E-state index contributed by atoms with van der Waals surface area (Å²) < 4.78 is 5.20. The van der Waals surface area contributed by atoms with Crippen molar-refractivity contribution < 1.29 is 40.3 Å². The molecule has 139 valence electrons. The average molecular weight is 427 g/mol. The normalized spacial score (nSPS) is 29.2. The van der Waals surface area contributed by atoms with Crippen molar-refractivity contribution in [2.45, 2.75) is 30.6 Å². The van der Waals surface area contributed by atoms with Gasteiger partial charge in [0.05, 0.1) is 12.7 Å². The van der Waals surface area contributed by atoms with Gasteiger partial charge < -0.3 is 30.5 Å². The Balaban J connectivity index is 0.00000139. The number of nitrogens with one attached hydrogen (secondary N) is 3. The van der Waals surface area contributed by atoms with Crippen LogP contribution in [0.2, 0.25) is 0 Å². The summed E-state index contributed by atoms with van der Waals surface area (Å²) in [6.07, 6.45) is -6.83. The molecule has 1 saturated heterocycles. The van der Waals surface area contributed by atoms with E-state index in [1.165, 1.54) is 0 Å². The zero-order valence-electron chi connectivity index (χ0n) is 12.2. The van der Waals surface area contributed by atoms with Crippen LogP contribution in [-0.2, 0) is 19.8 Å². The first kappa shape index (κ1) is 21.5. The Morgan fingerprint density at radius 2 is 1.88 bits per heavy atom. The molecule has 0 aromatic heterocycles. The van der Waals surface area contributed by atoms with E-state index in [1.807, 2.05) is 30.3 Å². The number of para-hydroxylation sites is 1. The van der Waals surface area contributed by atoms with E-state index in [0.29, 0.717) is 0 Å². The fraction of sp³-hybridized carbons (Fsp3) is 0.462. The van der Waals surface area contributed by atoms with Crippen LogP contribution in [0.25, 0.3) is 0 Å². The Bertz CT molecular complexity index is 502. The Morgan fingerprint density at radius 1 is 1.25 bits per heavy atom. The molecule has 1 heterocycles. The molecule has 0 amide bonds. The van der Waals surface area contributed by atoms with Crippen molar-refractivity contribution >= 4 is 33.1 Å². The molecule has 2 rings (SSSR count). The molecule has 0 saturated carbocycles. The number of rotatable bonds is 4. The van der Waals surface area contributed by atoms with Gasteiger partial charge in [0.1, 0.15) is 18.4 Å². The summed E-state index contributed by atoms with van der Waals surface area (Å²) in [7, 11) is 4.20. The van der Waals surface area contributed by atoms with Crippen LogP contribution in [-0.4, -0.2) is 57.7 Å². The van der Waals surface area contributed by atoms with E-state index in [1.54, 1.807) is 0 Å². The fourth-order valence-electron chi connectivity index (χ4n) is 2.03. The summed E-state index contributed by atoms with van der Waals surface area (Å²) in [6, 6.07) is 9.14. The number of anilines is 1. The fourth-order valence-corrected chi connectivity index (χ4v) is 2.20. The second-order valence-corrected chi connectivity index (χ2v) is 5.22. The second kappa shape index (κ2) is 11.2. The topological polar surface area (TPSA) is 129 Å². The molecule has 1 aromatic rings. The van der Waals surface area contributed by atoms with Gasteiger partial charge in [-0.25, -0.2) is 5.43 Å². The Kier molecular flexibility index (Phi) is 10.0. The first-order chi connectivity index (χ1) is 11.5.